The third-order valence-electron chi connectivity index (χ3n) is 5.71. The fraction of sp³-hybridized carbons (Fsp3) is 0.240. The van der Waals surface area contributed by atoms with Crippen LogP contribution in [0.1, 0.15) is 19.8 Å². The van der Waals surface area contributed by atoms with Gasteiger partial charge in [0.1, 0.15) is 23.3 Å². The monoisotopic (exact) mass is 480 g/mol. The SMILES string of the molecule is CC1=CN(c2ccccc2O)C(=O)/C(=C(/C=N)C(=O)N2CCC(Oc3ccc(Cl)cc3)CC2)N1. The maximum atomic E-state index is 13.3. The van der Waals surface area contributed by atoms with Crippen LogP contribution in [0, 0.1) is 5.41 Å². The summed E-state index contributed by atoms with van der Waals surface area (Å²) in [6, 6.07) is 13.6. The second-order valence-electron chi connectivity index (χ2n) is 8.10. The Bertz CT molecular complexity index is 1170. The maximum absolute atomic E-state index is 13.3. The van der Waals surface area contributed by atoms with Gasteiger partial charge in [0.05, 0.1) is 11.3 Å². The summed E-state index contributed by atoms with van der Waals surface area (Å²) in [6.45, 7) is 2.62. The Morgan fingerprint density at radius 1 is 1.18 bits per heavy atom. The molecule has 3 N–H and O–H groups in total. The van der Waals surface area contributed by atoms with Gasteiger partial charge in [-0.15, -0.1) is 0 Å². The normalized spacial score (nSPS) is 18.2. The molecule has 4 rings (SSSR count). The quantitative estimate of drug-likeness (QED) is 0.445. The fourth-order valence-electron chi connectivity index (χ4n) is 3.98. The molecule has 0 radical (unpaired) electrons. The minimum absolute atomic E-state index is 0.00258. The predicted octanol–water partition coefficient (Wildman–Crippen LogP) is 3.82. The van der Waals surface area contributed by atoms with Gasteiger partial charge in [-0.1, -0.05) is 23.7 Å². The summed E-state index contributed by atoms with van der Waals surface area (Å²) < 4.78 is 5.99. The van der Waals surface area contributed by atoms with Crippen LogP contribution in [-0.2, 0) is 9.59 Å². The number of nitrogens with one attached hydrogen (secondary N) is 2. The van der Waals surface area contributed by atoms with Crippen molar-refractivity contribution in [2.75, 3.05) is 18.0 Å². The van der Waals surface area contributed by atoms with Gasteiger partial charge in [0.25, 0.3) is 11.8 Å². The summed E-state index contributed by atoms with van der Waals surface area (Å²) in [5.74, 6) is -0.269. The highest BCUT2D eigenvalue weighted by atomic mass is 35.5. The van der Waals surface area contributed by atoms with Gasteiger partial charge in [-0.05, 0) is 43.3 Å². The van der Waals surface area contributed by atoms with E-state index in [4.69, 9.17) is 21.7 Å². The molecule has 176 valence electrons. The number of nitrogens with zero attached hydrogens (tertiary/aromatic N) is 2. The van der Waals surface area contributed by atoms with E-state index in [1.165, 1.54) is 11.0 Å². The van der Waals surface area contributed by atoms with E-state index in [0.717, 1.165) is 12.0 Å². The molecule has 9 heteroatoms. The van der Waals surface area contributed by atoms with E-state index in [9.17, 15) is 14.7 Å². The summed E-state index contributed by atoms with van der Waals surface area (Å²) in [5, 5.41) is 21.7. The number of phenols is 1. The number of benzene rings is 2. The van der Waals surface area contributed by atoms with Crippen LogP contribution in [0.4, 0.5) is 5.69 Å². The van der Waals surface area contributed by atoms with Crippen LogP contribution < -0.4 is 15.0 Å². The first-order valence-electron chi connectivity index (χ1n) is 10.9. The molecule has 1 fully saturated rings. The van der Waals surface area contributed by atoms with Crippen LogP contribution in [0.25, 0.3) is 0 Å². The van der Waals surface area contributed by atoms with Crippen molar-refractivity contribution in [3.05, 3.63) is 76.7 Å². The molecule has 0 spiro atoms. The van der Waals surface area contributed by atoms with Gasteiger partial charge in [0.2, 0.25) is 0 Å². The van der Waals surface area contributed by atoms with E-state index in [1.54, 1.807) is 48.4 Å². The van der Waals surface area contributed by atoms with E-state index >= 15 is 0 Å². The molecule has 34 heavy (non-hydrogen) atoms. The number of phenolic OH excluding ortho intramolecular Hbond substituents is 1. The first-order chi connectivity index (χ1) is 16.4. The van der Waals surface area contributed by atoms with Crippen molar-refractivity contribution >= 4 is 35.3 Å². The summed E-state index contributed by atoms with van der Waals surface area (Å²) in [5.41, 5.74) is 0.862. The zero-order valence-electron chi connectivity index (χ0n) is 18.6. The number of allylic oxidation sites excluding steroid dienone is 1. The number of para-hydroxylation sites is 2. The zero-order chi connectivity index (χ0) is 24.2. The Morgan fingerprint density at radius 2 is 1.85 bits per heavy atom. The molecule has 0 aromatic heterocycles. The van der Waals surface area contributed by atoms with Gasteiger partial charge in [0.15, 0.2) is 0 Å². The molecule has 2 aliphatic heterocycles. The topological polar surface area (TPSA) is 106 Å². The molecule has 2 amide bonds. The van der Waals surface area contributed by atoms with Gasteiger partial charge in [-0.2, -0.15) is 0 Å². The summed E-state index contributed by atoms with van der Waals surface area (Å²) in [6.07, 6.45) is 3.66. The third kappa shape index (κ3) is 4.92. The smallest absolute Gasteiger partial charge is 0.279 e. The average molecular weight is 481 g/mol. The van der Waals surface area contributed by atoms with Crippen molar-refractivity contribution in [2.24, 2.45) is 0 Å². The highest BCUT2D eigenvalue weighted by molar-refractivity contribution is 6.30. The van der Waals surface area contributed by atoms with Gasteiger partial charge in [-0.25, -0.2) is 0 Å². The molecule has 2 aromatic carbocycles. The highest BCUT2D eigenvalue weighted by Crippen LogP contribution is 2.30. The van der Waals surface area contributed by atoms with Crippen molar-refractivity contribution < 1.29 is 19.4 Å². The van der Waals surface area contributed by atoms with Crippen LogP contribution >= 0.6 is 11.6 Å². The van der Waals surface area contributed by atoms with Crippen molar-refractivity contribution in [3.63, 3.8) is 0 Å². The number of ether oxygens (including phenoxy) is 1. The zero-order valence-corrected chi connectivity index (χ0v) is 19.4. The Morgan fingerprint density at radius 3 is 2.50 bits per heavy atom. The highest BCUT2D eigenvalue weighted by Gasteiger charge is 2.32. The lowest BCUT2D eigenvalue weighted by Crippen LogP contribution is -2.45. The number of halogens is 1. The summed E-state index contributed by atoms with van der Waals surface area (Å²) in [7, 11) is 0. The first kappa shape index (κ1) is 23.4. The van der Waals surface area contributed by atoms with Crippen molar-refractivity contribution in [3.8, 4) is 11.5 Å². The predicted molar refractivity (Wildman–Crippen MR) is 130 cm³/mol. The minimum Gasteiger partial charge on any atom is -0.506 e. The number of carbonyl (C=O) groups excluding carboxylic acids is 2. The molecule has 2 aliphatic rings. The largest absolute Gasteiger partial charge is 0.506 e. The summed E-state index contributed by atoms with van der Waals surface area (Å²) in [4.78, 5) is 29.4. The number of piperidine rings is 1. The van der Waals surface area contributed by atoms with Crippen LogP contribution in [0.15, 0.2) is 71.7 Å². The number of likely N-dealkylation sites (tertiary alicyclic amines) is 1. The first-order valence-corrected chi connectivity index (χ1v) is 11.3. The molecule has 2 aromatic rings. The van der Waals surface area contributed by atoms with E-state index in [-0.39, 0.29) is 23.1 Å². The van der Waals surface area contributed by atoms with Gasteiger partial charge in [0, 0.05) is 49.1 Å². The number of amides is 2. The van der Waals surface area contributed by atoms with E-state index in [1.807, 2.05) is 12.1 Å². The van der Waals surface area contributed by atoms with Crippen LogP contribution in [0.2, 0.25) is 5.02 Å². The molecule has 2 heterocycles. The molecule has 0 saturated carbocycles. The van der Waals surface area contributed by atoms with E-state index in [0.29, 0.717) is 42.3 Å². The standard InChI is InChI=1S/C25H25ClN4O4/c1-16-15-30(21-4-2-3-5-22(21)31)25(33)23(28-16)20(14-27)24(32)29-12-10-19(11-13-29)34-18-8-6-17(26)7-9-18/h2-9,14-15,19,27-28,31H,10-13H2,1H3/b23-20+,27-14?. The molecular formula is C25H25ClN4O4. The lowest BCUT2D eigenvalue weighted by atomic mass is 10.0. The second kappa shape index (κ2) is 10.0. The van der Waals surface area contributed by atoms with Gasteiger partial charge in [-0.3, -0.25) is 14.5 Å². The van der Waals surface area contributed by atoms with Gasteiger partial charge < -0.3 is 25.5 Å². The molecular weight excluding hydrogens is 456 g/mol. The summed E-state index contributed by atoms with van der Waals surface area (Å²) >= 11 is 5.92. The number of hydrogen-bond acceptors (Lipinski definition) is 6. The Kier molecular flexibility index (Phi) is 6.88. The van der Waals surface area contributed by atoms with Gasteiger partial charge >= 0.3 is 0 Å². The molecule has 0 atom stereocenters. The average Bonchev–Trinajstić information content (AvgIpc) is 2.84. The number of hydrogen-bond donors (Lipinski definition) is 3. The second-order valence-corrected chi connectivity index (χ2v) is 8.53. The Hall–Kier alpha value is -3.78. The van der Waals surface area contributed by atoms with Crippen molar-refractivity contribution in [2.45, 2.75) is 25.9 Å². The van der Waals surface area contributed by atoms with E-state index in [2.05, 4.69) is 5.32 Å². The molecule has 0 aliphatic carbocycles. The van der Waals surface area contributed by atoms with Crippen LogP contribution in [-0.4, -0.2) is 47.2 Å². The molecule has 1 saturated heterocycles. The minimum atomic E-state index is -0.528. The Labute approximate surface area is 202 Å². The van der Waals surface area contributed by atoms with Crippen molar-refractivity contribution in [1.29, 1.82) is 5.41 Å². The Balaban J connectivity index is 1.49. The maximum Gasteiger partial charge on any atom is 0.279 e. The number of carbonyl (C=O) groups is 2. The fourth-order valence-corrected chi connectivity index (χ4v) is 4.10. The number of rotatable bonds is 5. The lowest BCUT2D eigenvalue weighted by molar-refractivity contribution is -0.128. The van der Waals surface area contributed by atoms with Crippen molar-refractivity contribution in [1.82, 2.24) is 10.2 Å². The van der Waals surface area contributed by atoms with E-state index < -0.39 is 11.8 Å². The number of aromatic hydroxyl groups is 1. The van der Waals surface area contributed by atoms with Crippen LogP contribution in [0.3, 0.4) is 0 Å². The third-order valence-corrected chi connectivity index (χ3v) is 5.96. The molecule has 8 nitrogen and oxygen atoms in total. The lowest BCUT2D eigenvalue weighted by Gasteiger charge is -2.33. The van der Waals surface area contributed by atoms with Crippen LogP contribution in [0.5, 0.6) is 11.5 Å². The number of anilines is 1. The molecule has 0 unspecified atom stereocenters. The molecule has 0 bridgehead atoms.